The summed E-state index contributed by atoms with van der Waals surface area (Å²) in [6.07, 6.45) is 2.91. The van der Waals surface area contributed by atoms with Gasteiger partial charge in [0.25, 0.3) is 0 Å². The molecule has 1 rings (SSSR count). The van der Waals surface area contributed by atoms with Crippen LogP contribution in [0.5, 0.6) is 0 Å². The Kier molecular flexibility index (Phi) is 7.41. The van der Waals surface area contributed by atoms with Crippen molar-refractivity contribution in [2.45, 2.75) is 38.9 Å². The SMILES string of the molecule is CCCCN(CCC)C(=O)S(=O)Cc1ccccc1. The molecule has 106 valence electrons. The molecular weight excluding hydrogens is 258 g/mol. The molecule has 0 aromatic heterocycles. The molecule has 0 aliphatic carbocycles. The van der Waals surface area contributed by atoms with E-state index in [2.05, 4.69) is 6.92 Å². The smallest absolute Gasteiger partial charge is 0.312 e. The number of carbonyl (C=O) groups excluding carboxylic acids is 1. The van der Waals surface area contributed by atoms with Crippen molar-refractivity contribution in [2.24, 2.45) is 0 Å². The highest BCUT2D eigenvalue weighted by Crippen LogP contribution is 2.08. The Labute approximate surface area is 118 Å². The van der Waals surface area contributed by atoms with Gasteiger partial charge in [-0.05, 0) is 18.4 Å². The topological polar surface area (TPSA) is 37.4 Å². The fourth-order valence-corrected chi connectivity index (χ4v) is 2.93. The van der Waals surface area contributed by atoms with Crippen molar-refractivity contribution in [3.8, 4) is 0 Å². The molecule has 0 fully saturated rings. The first-order valence-corrected chi connectivity index (χ1v) is 8.22. The molecule has 0 bridgehead atoms. The Morgan fingerprint density at radius 3 is 2.37 bits per heavy atom. The van der Waals surface area contributed by atoms with Crippen LogP contribution in [0.1, 0.15) is 38.7 Å². The second-order valence-electron chi connectivity index (χ2n) is 4.58. The lowest BCUT2D eigenvalue weighted by molar-refractivity contribution is 0.221. The van der Waals surface area contributed by atoms with Crippen LogP contribution in [-0.2, 0) is 16.6 Å². The highest BCUT2D eigenvalue weighted by atomic mass is 32.2. The van der Waals surface area contributed by atoms with Crippen molar-refractivity contribution in [1.29, 1.82) is 0 Å². The largest absolute Gasteiger partial charge is 0.332 e. The molecule has 19 heavy (non-hydrogen) atoms. The zero-order valence-corrected chi connectivity index (χ0v) is 12.6. The van der Waals surface area contributed by atoms with Crippen LogP contribution >= 0.6 is 0 Å². The summed E-state index contributed by atoms with van der Waals surface area (Å²) < 4.78 is 12.1. The molecule has 0 aliphatic rings. The first kappa shape index (κ1) is 15.9. The van der Waals surface area contributed by atoms with E-state index in [0.717, 1.165) is 24.8 Å². The number of hydrogen-bond acceptors (Lipinski definition) is 2. The monoisotopic (exact) mass is 281 g/mol. The van der Waals surface area contributed by atoms with Gasteiger partial charge in [-0.2, -0.15) is 0 Å². The van der Waals surface area contributed by atoms with E-state index in [4.69, 9.17) is 0 Å². The quantitative estimate of drug-likeness (QED) is 0.766. The minimum atomic E-state index is -1.46. The molecule has 1 unspecified atom stereocenters. The maximum Gasteiger partial charge on any atom is 0.312 e. The molecular formula is C15H23NO2S. The normalized spacial score (nSPS) is 12.1. The van der Waals surface area contributed by atoms with E-state index in [1.165, 1.54) is 0 Å². The summed E-state index contributed by atoms with van der Waals surface area (Å²) in [5.74, 6) is 0.312. The molecule has 1 atom stereocenters. The number of nitrogens with zero attached hydrogens (tertiary/aromatic N) is 1. The molecule has 0 radical (unpaired) electrons. The summed E-state index contributed by atoms with van der Waals surface area (Å²) in [5.41, 5.74) is 0.945. The van der Waals surface area contributed by atoms with Gasteiger partial charge in [-0.1, -0.05) is 50.6 Å². The second kappa shape index (κ2) is 8.86. The molecule has 3 nitrogen and oxygen atoms in total. The molecule has 0 saturated carbocycles. The van der Waals surface area contributed by atoms with Crippen LogP contribution in [0.2, 0.25) is 0 Å². The second-order valence-corrected chi connectivity index (χ2v) is 5.91. The summed E-state index contributed by atoms with van der Waals surface area (Å²) in [5, 5.41) is -0.223. The third kappa shape index (κ3) is 5.55. The standard InChI is InChI=1S/C15H23NO2S/c1-3-5-12-16(11-4-2)15(17)19(18)13-14-9-7-6-8-10-14/h6-10H,3-5,11-13H2,1-2H3. The fraction of sp³-hybridized carbons (Fsp3) is 0.533. The van der Waals surface area contributed by atoms with Crippen molar-refractivity contribution in [1.82, 2.24) is 4.90 Å². The molecule has 0 spiro atoms. The molecule has 1 amide bonds. The van der Waals surface area contributed by atoms with Crippen LogP contribution in [0.25, 0.3) is 0 Å². The average Bonchev–Trinajstić information content (AvgIpc) is 2.43. The lowest BCUT2D eigenvalue weighted by atomic mass is 10.2. The number of amides is 1. The van der Waals surface area contributed by atoms with Gasteiger partial charge in [-0.3, -0.25) is 4.79 Å². The molecule has 1 aromatic rings. The van der Waals surface area contributed by atoms with Crippen molar-refractivity contribution < 1.29 is 9.00 Å². The molecule has 0 saturated heterocycles. The first-order valence-electron chi connectivity index (χ1n) is 6.90. The Balaban J connectivity index is 2.60. The van der Waals surface area contributed by atoms with Gasteiger partial charge in [-0.15, -0.1) is 0 Å². The van der Waals surface area contributed by atoms with Gasteiger partial charge >= 0.3 is 5.24 Å². The number of rotatable bonds is 7. The minimum absolute atomic E-state index is 0.223. The van der Waals surface area contributed by atoms with Crippen molar-refractivity contribution in [2.75, 3.05) is 13.1 Å². The van der Waals surface area contributed by atoms with Crippen LogP contribution in [-0.4, -0.2) is 27.4 Å². The molecule has 1 aromatic carbocycles. The number of hydrogen-bond donors (Lipinski definition) is 0. The van der Waals surface area contributed by atoms with Crippen molar-refractivity contribution >= 4 is 16.0 Å². The van der Waals surface area contributed by atoms with E-state index < -0.39 is 10.8 Å². The molecule has 0 aliphatic heterocycles. The van der Waals surface area contributed by atoms with Crippen LogP contribution in [0, 0.1) is 0 Å². The lowest BCUT2D eigenvalue weighted by Gasteiger charge is -2.21. The summed E-state index contributed by atoms with van der Waals surface area (Å²) >= 11 is 0. The van der Waals surface area contributed by atoms with Gasteiger partial charge in [-0.25, -0.2) is 4.21 Å². The van der Waals surface area contributed by atoms with Crippen LogP contribution in [0.4, 0.5) is 4.79 Å². The van der Waals surface area contributed by atoms with Crippen LogP contribution in [0.15, 0.2) is 30.3 Å². The molecule has 4 heteroatoms. The summed E-state index contributed by atoms with van der Waals surface area (Å²) in [4.78, 5) is 13.9. The highest BCUT2D eigenvalue weighted by Gasteiger charge is 2.19. The average molecular weight is 281 g/mol. The third-order valence-electron chi connectivity index (χ3n) is 2.87. The Hall–Kier alpha value is -1.16. The van der Waals surface area contributed by atoms with Crippen LogP contribution in [0.3, 0.4) is 0 Å². The van der Waals surface area contributed by atoms with Gasteiger partial charge in [0.1, 0.15) is 10.8 Å². The predicted octanol–water partition coefficient (Wildman–Crippen LogP) is 3.57. The van der Waals surface area contributed by atoms with Crippen LogP contribution < -0.4 is 0 Å². The number of carbonyl (C=O) groups is 1. The van der Waals surface area contributed by atoms with E-state index in [9.17, 15) is 9.00 Å². The number of benzene rings is 1. The number of unbranched alkanes of at least 4 members (excludes halogenated alkanes) is 1. The first-order chi connectivity index (χ1) is 9.19. The Morgan fingerprint density at radius 1 is 1.11 bits per heavy atom. The van der Waals surface area contributed by atoms with Crippen molar-refractivity contribution in [3.63, 3.8) is 0 Å². The van der Waals surface area contributed by atoms with E-state index in [1.54, 1.807) is 4.90 Å². The summed E-state index contributed by atoms with van der Waals surface area (Å²) in [6, 6.07) is 9.53. The maximum absolute atomic E-state index is 12.2. The van der Waals surface area contributed by atoms with Gasteiger partial charge in [0.2, 0.25) is 0 Å². The fourth-order valence-electron chi connectivity index (χ4n) is 1.84. The van der Waals surface area contributed by atoms with Gasteiger partial charge in [0.05, 0.1) is 5.75 Å². The lowest BCUT2D eigenvalue weighted by Crippen LogP contribution is -2.34. The Bertz CT molecular complexity index is 406. The summed E-state index contributed by atoms with van der Waals surface area (Å²) in [7, 11) is -1.46. The third-order valence-corrected chi connectivity index (χ3v) is 4.11. The predicted molar refractivity (Wildman–Crippen MR) is 80.5 cm³/mol. The summed E-state index contributed by atoms with van der Waals surface area (Å²) in [6.45, 7) is 5.53. The van der Waals surface area contributed by atoms with E-state index in [-0.39, 0.29) is 5.24 Å². The Morgan fingerprint density at radius 2 is 1.79 bits per heavy atom. The minimum Gasteiger partial charge on any atom is -0.332 e. The van der Waals surface area contributed by atoms with Gasteiger partial charge < -0.3 is 4.90 Å². The van der Waals surface area contributed by atoms with E-state index >= 15 is 0 Å². The maximum atomic E-state index is 12.2. The molecule has 0 N–H and O–H groups in total. The zero-order valence-electron chi connectivity index (χ0n) is 11.8. The molecule has 0 heterocycles. The highest BCUT2D eigenvalue weighted by molar-refractivity contribution is 7.99. The van der Waals surface area contributed by atoms with Gasteiger partial charge in [0.15, 0.2) is 0 Å². The van der Waals surface area contributed by atoms with E-state index in [1.807, 2.05) is 37.3 Å². The van der Waals surface area contributed by atoms with Gasteiger partial charge in [0, 0.05) is 13.1 Å². The van der Waals surface area contributed by atoms with E-state index in [0.29, 0.717) is 18.8 Å². The zero-order chi connectivity index (χ0) is 14.1. The van der Waals surface area contributed by atoms with Crippen molar-refractivity contribution in [3.05, 3.63) is 35.9 Å².